The summed E-state index contributed by atoms with van der Waals surface area (Å²) in [6, 6.07) is 4.50. The van der Waals surface area contributed by atoms with Crippen LogP contribution < -0.4 is 11.1 Å². The number of para-hydroxylation sites is 1. The molecule has 0 radical (unpaired) electrons. The summed E-state index contributed by atoms with van der Waals surface area (Å²) >= 11 is 0. The fraction of sp³-hybridized carbons (Fsp3) is 0.500. The normalized spacial score (nSPS) is 22.7. The van der Waals surface area contributed by atoms with Crippen LogP contribution in [0.15, 0.2) is 24.3 Å². The molecule has 0 spiro atoms. The molecule has 2 rings (SSSR count). The number of nitrogens with two attached hydrogens (primary N) is 1. The van der Waals surface area contributed by atoms with Crippen molar-refractivity contribution in [2.24, 2.45) is 5.73 Å². The Morgan fingerprint density at radius 2 is 1.90 bits per heavy atom. The smallest absolute Gasteiger partial charge is 0.418 e. The number of alkyl halides is 3. The maximum atomic E-state index is 12.8. The molecule has 1 saturated carbocycles. The second kappa shape index (κ2) is 6.34. The minimum atomic E-state index is -4.54. The van der Waals surface area contributed by atoms with Crippen LogP contribution in [0, 0.1) is 0 Å². The molecule has 116 valence electrons. The van der Waals surface area contributed by atoms with Crippen LogP contribution in [-0.2, 0) is 10.9 Å². The van der Waals surface area contributed by atoms with Crippen LogP contribution in [0.2, 0.25) is 0 Å². The number of amides is 1. The summed E-state index contributed by atoms with van der Waals surface area (Å²) in [5, 5.41) is 2.15. The van der Waals surface area contributed by atoms with E-state index in [-0.39, 0.29) is 11.7 Å². The van der Waals surface area contributed by atoms with Gasteiger partial charge in [0.05, 0.1) is 11.3 Å². The topological polar surface area (TPSA) is 64.3 Å². The van der Waals surface area contributed by atoms with Crippen molar-refractivity contribution >= 4 is 11.8 Å². The van der Waals surface area contributed by atoms with Gasteiger partial charge in [-0.2, -0.15) is 13.2 Å². The number of halogens is 3. The van der Waals surface area contributed by atoms with Gasteiger partial charge < -0.3 is 10.5 Å². The van der Waals surface area contributed by atoms with E-state index in [0.717, 1.165) is 25.3 Å². The minimum absolute atomic E-state index is 0.262. The van der Waals surface area contributed by atoms with E-state index in [4.69, 9.17) is 10.5 Å². The molecule has 1 aliphatic rings. The van der Waals surface area contributed by atoms with E-state index in [0.29, 0.717) is 6.42 Å². The molecular weight excluding hydrogens is 285 g/mol. The van der Waals surface area contributed by atoms with Gasteiger partial charge in [-0.05, 0) is 31.4 Å². The number of hydrogen-bond donors (Lipinski definition) is 2. The first-order chi connectivity index (χ1) is 9.88. The fourth-order valence-electron chi connectivity index (χ4n) is 2.39. The van der Waals surface area contributed by atoms with Gasteiger partial charge in [0.15, 0.2) is 0 Å². The SMILES string of the molecule is NC1CCCCC1OC(=O)Nc1ccccc1C(F)(F)F. The molecule has 1 fully saturated rings. The second-order valence-corrected chi connectivity index (χ2v) is 5.06. The van der Waals surface area contributed by atoms with Gasteiger partial charge in [-0.3, -0.25) is 5.32 Å². The van der Waals surface area contributed by atoms with Crippen molar-refractivity contribution in [3.63, 3.8) is 0 Å². The lowest BCUT2D eigenvalue weighted by Crippen LogP contribution is -2.41. The number of benzene rings is 1. The van der Waals surface area contributed by atoms with Gasteiger partial charge in [-0.25, -0.2) is 4.79 Å². The molecule has 1 amide bonds. The standard InChI is InChI=1S/C14H17F3N2O2/c15-14(16,17)9-5-1-3-7-11(9)19-13(20)21-12-8-4-2-6-10(12)18/h1,3,5,7,10,12H,2,4,6,8,18H2,(H,19,20). The first kappa shape index (κ1) is 15.6. The fourth-order valence-corrected chi connectivity index (χ4v) is 2.39. The summed E-state index contributed by atoms with van der Waals surface area (Å²) in [5.41, 5.74) is 4.61. The van der Waals surface area contributed by atoms with E-state index in [2.05, 4.69) is 5.32 Å². The zero-order valence-corrected chi connectivity index (χ0v) is 11.3. The minimum Gasteiger partial charge on any atom is -0.444 e. The highest BCUT2D eigenvalue weighted by Crippen LogP contribution is 2.34. The third kappa shape index (κ3) is 4.10. The lowest BCUT2D eigenvalue weighted by molar-refractivity contribution is -0.136. The number of ether oxygens (including phenoxy) is 1. The highest BCUT2D eigenvalue weighted by atomic mass is 19.4. The Balaban J connectivity index is 2.03. The molecule has 3 N–H and O–H groups in total. The van der Waals surface area contributed by atoms with Crippen LogP contribution in [0.5, 0.6) is 0 Å². The molecular formula is C14H17F3N2O2. The third-order valence-corrected chi connectivity index (χ3v) is 3.48. The van der Waals surface area contributed by atoms with Crippen LogP contribution in [0.3, 0.4) is 0 Å². The molecule has 0 aromatic heterocycles. The van der Waals surface area contributed by atoms with Gasteiger partial charge in [-0.1, -0.05) is 18.6 Å². The maximum absolute atomic E-state index is 12.8. The predicted molar refractivity (Wildman–Crippen MR) is 71.8 cm³/mol. The average molecular weight is 302 g/mol. The van der Waals surface area contributed by atoms with Crippen molar-refractivity contribution < 1.29 is 22.7 Å². The van der Waals surface area contributed by atoms with Crippen LogP contribution in [0.4, 0.5) is 23.7 Å². The predicted octanol–water partition coefficient (Wildman–Crippen LogP) is 3.52. The Hall–Kier alpha value is -1.76. The van der Waals surface area contributed by atoms with E-state index >= 15 is 0 Å². The average Bonchev–Trinajstić information content (AvgIpc) is 2.41. The summed E-state index contributed by atoms with van der Waals surface area (Å²) in [6.45, 7) is 0. The van der Waals surface area contributed by atoms with Crippen molar-refractivity contribution in [1.82, 2.24) is 0 Å². The lowest BCUT2D eigenvalue weighted by Gasteiger charge is -2.28. The largest absolute Gasteiger partial charge is 0.444 e. The highest BCUT2D eigenvalue weighted by molar-refractivity contribution is 5.86. The zero-order valence-electron chi connectivity index (χ0n) is 11.3. The molecule has 2 atom stereocenters. The second-order valence-electron chi connectivity index (χ2n) is 5.06. The molecule has 7 heteroatoms. The summed E-state index contributed by atoms with van der Waals surface area (Å²) in [7, 11) is 0. The van der Waals surface area contributed by atoms with Crippen molar-refractivity contribution in [3.8, 4) is 0 Å². The summed E-state index contributed by atoms with van der Waals surface area (Å²) in [4.78, 5) is 11.7. The van der Waals surface area contributed by atoms with Crippen molar-refractivity contribution in [2.75, 3.05) is 5.32 Å². The molecule has 1 aromatic carbocycles. The number of nitrogens with one attached hydrogen (secondary N) is 1. The van der Waals surface area contributed by atoms with Crippen molar-refractivity contribution in [1.29, 1.82) is 0 Å². The Labute approximate surface area is 120 Å². The molecule has 0 heterocycles. The van der Waals surface area contributed by atoms with E-state index in [9.17, 15) is 18.0 Å². The number of rotatable bonds is 2. The van der Waals surface area contributed by atoms with Crippen LogP contribution in [-0.4, -0.2) is 18.2 Å². The Bertz CT molecular complexity index is 505. The third-order valence-electron chi connectivity index (χ3n) is 3.48. The Morgan fingerprint density at radius 3 is 2.57 bits per heavy atom. The molecule has 0 bridgehead atoms. The van der Waals surface area contributed by atoms with Crippen LogP contribution in [0.1, 0.15) is 31.2 Å². The van der Waals surface area contributed by atoms with E-state index in [1.54, 1.807) is 0 Å². The molecule has 1 aliphatic carbocycles. The number of carbonyl (C=O) groups excluding carboxylic acids is 1. The number of hydrogen-bond acceptors (Lipinski definition) is 3. The Kier molecular flexibility index (Phi) is 4.72. The highest BCUT2D eigenvalue weighted by Gasteiger charge is 2.34. The quantitative estimate of drug-likeness (QED) is 0.878. The summed E-state index contributed by atoms with van der Waals surface area (Å²) in [6.07, 6.45) is -2.65. The summed E-state index contributed by atoms with van der Waals surface area (Å²) in [5.74, 6) is 0. The first-order valence-corrected chi connectivity index (χ1v) is 6.77. The van der Waals surface area contributed by atoms with E-state index in [1.807, 2.05) is 0 Å². The molecule has 0 saturated heterocycles. The van der Waals surface area contributed by atoms with Gasteiger partial charge in [-0.15, -0.1) is 0 Å². The molecule has 2 unspecified atom stereocenters. The summed E-state index contributed by atoms with van der Waals surface area (Å²) < 4.78 is 43.6. The lowest BCUT2D eigenvalue weighted by atomic mass is 9.93. The van der Waals surface area contributed by atoms with Crippen LogP contribution >= 0.6 is 0 Å². The Morgan fingerprint density at radius 1 is 1.24 bits per heavy atom. The monoisotopic (exact) mass is 302 g/mol. The number of anilines is 1. The van der Waals surface area contributed by atoms with Crippen molar-refractivity contribution in [3.05, 3.63) is 29.8 Å². The zero-order chi connectivity index (χ0) is 15.5. The van der Waals surface area contributed by atoms with Crippen molar-refractivity contribution in [2.45, 2.75) is 44.0 Å². The van der Waals surface area contributed by atoms with Gasteiger partial charge in [0.25, 0.3) is 0 Å². The van der Waals surface area contributed by atoms with Gasteiger partial charge in [0, 0.05) is 6.04 Å². The van der Waals surface area contributed by atoms with E-state index in [1.165, 1.54) is 18.2 Å². The van der Waals surface area contributed by atoms with Crippen LogP contribution in [0.25, 0.3) is 0 Å². The molecule has 0 aliphatic heterocycles. The van der Waals surface area contributed by atoms with Gasteiger partial charge >= 0.3 is 12.3 Å². The molecule has 1 aromatic rings. The van der Waals surface area contributed by atoms with Gasteiger partial charge in [0.1, 0.15) is 6.10 Å². The molecule has 21 heavy (non-hydrogen) atoms. The number of carbonyl (C=O) groups is 1. The molecule has 4 nitrogen and oxygen atoms in total. The maximum Gasteiger partial charge on any atom is 0.418 e. The van der Waals surface area contributed by atoms with Gasteiger partial charge in [0.2, 0.25) is 0 Å². The van der Waals surface area contributed by atoms with E-state index < -0.39 is 23.9 Å². The first-order valence-electron chi connectivity index (χ1n) is 6.77.